The van der Waals surface area contributed by atoms with Gasteiger partial charge in [-0.15, -0.1) is 0 Å². The zero-order valence-corrected chi connectivity index (χ0v) is 15.4. The molecule has 1 saturated carbocycles. The third-order valence-corrected chi connectivity index (χ3v) is 6.42. The number of benzene rings is 1. The first kappa shape index (κ1) is 17.0. The number of nitrogens with two attached hydrogens (primary N) is 1. The van der Waals surface area contributed by atoms with Gasteiger partial charge < -0.3 is 10.6 Å². The van der Waals surface area contributed by atoms with Crippen molar-refractivity contribution in [3.05, 3.63) is 34.3 Å². The van der Waals surface area contributed by atoms with Gasteiger partial charge in [-0.3, -0.25) is 0 Å². The van der Waals surface area contributed by atoms with Crippen LogP contribution in [0.5, 0.6) is 0 Å². The van der Waals surface area contributed by atoms with Crippen LogP contribution in [-0.4, -0.2) is 24.5 Å². The molecule has 2 nitrogen and oxygen atoms in total. The lowest BCUT2D eigenvalue weighted by atomic mass is 9.61. The number of nitrogens with zero attached hydrogens (tertiary/aromatic N) is 1. The van der Waals surface area contributed by atoms with Gasteiger partial charge in [-0.1, -0.05) is 54.9 Å². The topological polar surface area (TPSA) is 29.3 Å². The summed E-state index contributed by atoms with van der Waals surface area (Å²) in [5.41, 5.74) is 7.95. The van der Waals surface area contributed by atoms with Crippen molar-refractivity contribution in [2.45, 2.75) is 46.2 Å². The van der Waals surface area contributed by atoms with E-state index in [-0.39, 0.29) is 0 Å². The fourth-order valence-corrected chi connectivity index (χ4v) is 4.03. The first-order valence-electron chi connectivity index (χ1n) is 8.00. The van der Waals surface area contributed by atoms with Crippen molar-refractivity contribution in [2.75, 3.05) is 13.6 Å². The summed E-state index contributed by atoms with van der Waals surface area (Å²) in [7, 11) is 2.23. The molecule has 2 rings (SSSR count). The van der Waals surface area contributed by atoms with Gasteiger partial charge in [-0.05, 0) is 48.8 Å². The Morgan fingerprint density at radius 2 is 1.95 bits per heavy atom. The molecule has 1 aromatic rings. The molecule has 0 aliphatic heterocycles. The molecule has 1 aliphatic carbocycles. The first-order chi connectivity index (χ1) is 9.82. The third-order valence-electron chi connectivity index (χ3n) is 5.65. The Labute approximate surface area is 138 Å². The van der Waals surface area contributed by atoms with Gasteiger partial charge in [-0.25, -0.2) is 0 Å². The Kier molecular flexibility index (Phi) is 5.50. The van der Waals surface area contributed by atoms with E-state index in [4.69, 9.17) is 5.73 Å². The molecule has 0 heterocycles. The molecule has 1 aliphatic rings. The molecule has 0 spiro atoms. The van der Waals surface area contributed by atoms with Crippen LogP contribution in [0.2, 0.25) is 0 Å². The van der Waals surface area contributed by atoms with Gasteiger partial charge in [0.05, 0.1) is 0 Å². The summed E-state index contributed by atoms with van der Waals surface area (Å²) in [6.07, 6.45) is 2.41. The van der Waals surface area contributed by atoms with E-state index in [1.54, 1.807) is 0 Å². The van der Waals surface area contributed by atoms with Crippen LogP contribution >= 0.6 is 15.9 Å². The van der Waals surface area contributed by atoms with Crippen LogP contribution in [0.3, 0.4) is 0 Å². The lowest BCUT2D eigenvalue weighted by Crippen LogP contribution is -2.49. The third kappa shape index (κ3) is 3.88. The molecule has 118 valence electrons. The highest BCUT2D eigenvalue weighted by Crippen LogP contribution is 2.44. The van der Waals surface area contributed by atoms with E-state index in [2.05, 4.69) is 72.9 Å². The Morgan fingerprint density at radius 3 is 2.62 bits per heavy atom. The van der Waals surface area contributed by atoms with Gasteiger partial charge in [0.1, 0.15) is 0 Å². The summed E-state index contributed by atoms with van der Waals surface area (Å²) in [5.74, 6) is 1.31. The number of halogens is 1. The smallest absolute Gasteiger partial charge is 0.0242 e. The Bertz CT molecular complexity index is 472. The Morgan fingerprint density at radius 1 is 1.29 bits per heavy atom. The molecular formula is C18H29BrN2. The second-order valence-electron chi connectivity index (χ2n) is 7.34. The lowest BCUT2D eigenvalue weighted by molar-refractivity contribution is 0.0324. The summed E-state index contributed by atoms with van der Waals surface area (Å²) in [5, 5.41) is 0. The minimum Gasteiger partial charge on any atom is -0.327 e. The van der Waals surface area contributed by atoms with Crippen LogP contribution in [0.15, 0.2) is 28.7 Å². The lowest BCUT2D eigenvalue weighted by Gasteiger charge is -2.48. The zero-order valence-electron chi connectivity index (χ0n) is 13.8. The number of hydrogen-bond acceptors (Lipinski definition) is 2. The average Bonchev–Trinajstić information content (AvgIpc) is 2.43. The maximum atomic E-state index is 6.27. The maximum Gasteiger partial charge on any atom is 0.0242 e. The zero-order chi connectivity index (χ0) is 15.6. The number of rotatable bonds is 4. The molecular weight excluding hydrogens is 324 g/mol. The maximum absolute atomic E-state index is 6.27. The summed E-state index contributed by atoms with van der Waals surface area (Å²) in [4.78, 5) is 2.45. The quantitative estimate of drug-likeness (QED) is 0.875. The van der Waals surface area contributed by atoms with Crippen LogP contribution in [0.4, 0.5) is 0 Å². The van der Waals surface area contributed by atoms with Crippen molar-refractivity contribution in [1.82, 2.24) is 4.90 Å². The van der Waals surface area contributed by atoms with Gasteiger partial charge >= 0.3 is 0 Å². The molecule has 3 heteroatoms. The summed E-state index contributed by atoms with van der Waals surface area (Å²) < 4.78 is 1.20. The van der Waals surface area contributed by atoms with Crippen molar-refractivity contribution >= 4 is 15.9 Å². The van der Waals surface area contributed by atoms with Crippen molar-refractivity contribution in [3.8, 4) is 0 Å². The molecule has 0 amide bonds. The van der Waals surface area contributed by atoms with Gasteiger partial charge in [0.2, 0.25) is 0 Å². The van der Waals surface area contributed by atoms with Gasteiger partial charge in [0.15, 0.2) is 0 Å². The predicted octanol–water partition coefficient (Wildman–Crippen LogP) is 4.28. The normalized spacial score (nSPS) is 28.8. The standard InChI is InChI=1S/C18H29BrN2/c1-13-17(20)10-9-15(18(13,2)3)12-21(4)11-14-7-5-6-8-16(14)19/h5-8,13,15,17H,9-12,20H2,1-4H3. The monoisotopic (exact) mass is 352 g/mol. The molecule has 0 aromatic heterocycles. The highest BCUT2D eigenvalue weighted by atomic mass is 79.9. The molecule has 0 saturated heterocycles. The van der Waals surface area contributed by atoms with E-state index in [0.29, 0.717) is 17.4 Å². The Hall–Kier alpha value is -0.380. The van der Waals surface area contributed by atoms with Crippen molar-refractivity contribution in [1.29, 1.82) is 0 Å². The highest BCUT2D eigenvalue weighted by Gasteiger charge is 2.41. The van der Waals surface area contributed by atoms with Gasteiger partial charge in [0.25, 0.3) is 0 Å². The van der Waals surface area contributed by atoms with Crippen molar-refractivity contribution < 1.29 is 0 Å². The summed E-state index contributed by atoms with van der Waals surface area (Å²) >= 11 is 3.65. The summed E-state index contributed by atoms with van der Waals surface area (Å²) in [6.45, 7) is 9.26. The second-order valence-corrected chi connectivity index (χ2v) is 8.19. The van der Waals surface area contributed by atoms with Crippen LogP contribution in [0, 0.1) is 17.3 Å². The second kappa shape index (κ2) is 6.80. The van der Waals surface area contributed by atoms with E-state index in [9.17, 15) is 0 Å². The van der Waals surface area contributed by atoms with E-state index >= 15 is 0 Å². The minimum absolute atomic E-state index is 0.319. The van der Waals surface area contributed by atoms with Crippen LogP contribution in [0.1, 0.15) is 39.2 Å². The minimum atomic E-state index is 0.319. The van der Waals surface area contributed by atoms with Crippen molar-refractivity contribution in [3.63, 3.8) is 0 Å². The first-order valence-corrected chi connectivity index (χ1v) is 8.79. The van der Waals surface area contributed by atoms with Gasteiger partial charge in [-0.2, -0.15) is 0 Å². The SMILES string of the molecule is CC1C(N)CCC(CN(C)Cc2ccccc2Br)C1(C)C. The molecule has 3 atom stereocenters. The van der Waals surface area contributed by atoms with E-state index < -0.39 is 0 Å². The molecule has 21 heavy (non-hydrogen) atoms. The summed E-state index contributed by atoms with van der Waals surface area (Å²) in [6, 6.07) is 8.87. The highest BCUT2D eigenvalue weighted by molar-refractivity contribution is 9.10. The molecule has 0 bridgehead atoms. The number of hydrogen-bond donors (Lipinski definition) is 1. The molecule has 1 aromatic carbocycles. The molecule has 2 N–H and O–H groups in total. The van der Waals surface area contributed by atoms with Gasteiger partial charge in [0, 0.05) is 23.6 Å². The van der Waals surface area contributed by atoms with E-state index in [1.165, 1.54) is 16.5 Å². The molecule has 0 radical (unpaired) electrons. The predicted molar refractivity (Wildman–Crippen MR) is 94.1 cm³/mol. The van der Waals surface area contributed by atoms with E-state index in [1.807, 2.05) is 0 Å². The Balaban J connectivity index is 1.99. The van der Waals surface area contributed by atoms with E-state index in [0.717, 1.165) is 25.4 Å². The average molecular weight is 353 g/mol. The van der Waals surface area contributed by atoms with Crippen LogP contribution < -0.4 is 5.73 Å². The largest absolute Gasteiger partial charge is 0.327 e. The molecule has 3 unspecified atom stereocenters. The van der Waals surface area contributed by atoms with Crippen LogP contribution in [0.25, 0.3) is 0 Å². The van der Waals surface area contributed by atoms with Crippen molar-refractivity contribution in [2.24, 2.45) is 23.0 Å². The fourth-order valence-electron chi connectivity index (χ4n) is 3.62. The fraction of sp³-hybridized carbons (Fsp3) is 0.667. The van der Waals surface area contributed by atoms with Crippen LogP contribution in [-0.2, 0) is 6.54 Å². The molecule has 1 fully saturated rings.